The molecule has 1 aliphatic rings. The topological polar surface area (TPSA) is 78.7 Å². The van der Waals surface area contributed by atoms with Crippen LogP contribution >= 0.6 is 34.2 Å². The number of rotatable bonds is 3. The predicted molar refractivity (Wildman–Crippen MR) is 113 cm³/mol. The molecule has 1 fully saturated rings. The molecule has 0 unspecified atom stereocenters. The van der Waals surface area contributed by atoms with Gasteiger partial charge in [-0.2, -0.15) is 5.26 Å². The van der Waals surface area contributed by atoms with Gasteiger partial charge in [0.1, 0.15) is 5.82 Å². The van der Waals surface area contributed by atoms with Crippen LogP contribution in [0.25, 0.3) is 21.9 Å². The summed E-state index contributed by atoms with van der Waals surface area (Å²) >= 11 is 8.84. The van der Waals surface area contributed by atoms with Crippen LogP contribution in [-0.4, -0.2) is 15.9 Å². The molecule has 2 atom stereocenters. The predicted octanol–water partition coefficient (Wildman–Crippen LogP) is 4.96. The summed E-state index contributed by atoms with van der Waals surface area (Å²) in [4.78, 5) is 20.7. The van der Waals surface area contributed by atoms with Crippen molar-refractivity contribution in [1.29, 1.82) is 5.26 Å². The van der Waals surface area contributed by atoms with Crippen molar-refractivity contribution in [1.82, 2.24) is 9.97 Å². The van der Waals surface area contributed by atoms with Gasteiger partial charge in [-0.05, 0) is 70.6 Å². The second kappa shape index (κ2) is 7.06. The van der Waals surface area contributed by atoms with Gasteiger partial charge in [-0.15, -0.1) is 0 Å². The summed E-state index contributed by atoms with van der Waals surface area (Å²) in [6.07, 6.45) is 5.88. The van der Waals surface area contributed by atoms with E-state index in [-0.39, 0.29) is 17.7 Å². The number of aromatic nitrogens is 2. The summed E-state index contributed by atoms with van der Waals surface area (Å²) in [5.41, 5.74) is 3.12. The van der Waals surface area contributed by atoms with Crippen LogP contribution in [0.3, 0.4) is 0 Å². The molecule has 1 aromatic carbocycles. The normalized spacial score (nSPS) is 18.1. The molecular formula is C20H14ClIN4O. The van der Waals surface area contributed by atoms with Crippen LogP contribution < -0.4 is 5.32 Å². The summed E-state index contributed by atoms with van der Waals surface area (Å²) in [7, 11) is 0. The highest BCUT2D eigenvalue weighted by Gasteiger charge is 2.43. The van der Waals surface area contributed by atoms with Crippen molar-refractivity contribution < 1.29 is 4.79 Å². The number of hydrogen-bond donors (Lipinski definition) is 1. The molecule has 5 nitrogen and oxygen atoms in total. The zero-order chi connectivity index (χ0) is 19.1. The minimum Gasteiger partial charge on any atom is -0.310 e. The maximum absolute atomic E-state index is 12.2. The molecule has 7 heteroatoms. The first-order valence-electron chi connectivity index (χ1n) is 8.39. The molecule has 2 heterocycles. The molecule has 27 heavy (non-hydrogen) atoms. The van der Waals surface area contributed by atoms with Gasteiger partial charge in [0.25, 0.3) is 0 Å². The molecule has 0 bridgehead atoms. The van der Waals surface area contributed by atoms with E-state index >= 15 is 0 Å². The van der Waals surface area contributed by atoms with E-state index < -0.39 is 0 Å². The van der Waals surface area contributed by atoms with Crippen molar-refractivity contribution in [3.63, 3.8) is 0 Å². The Balaban J connectivity index is 1.75. The Hall–Kier alpha value is -2.24. The zero-order valence-electron chi connectivity index (χ0n) is 14.3. The van der Waals surface area contributed by atoms with Crippen LogP contribution in [0, 0.1) is 33.7 Å². The number of aryl methyl sites for hydroxylation is 1. The van der Waals surface area contributed by atoms with Gasteiger partial charge in [0.15, 0.2) is 0 Å². The quantitative estimate of drug-likeness (QED) is 0.529. The smallest absolute Gasteiger partial charge is 0.230 e. The number of carbonyl (C=O) groups is 1. The fourth-order valence-corrected chi connectivity index (χ4v) is 4.08. The number of nitrogens with zero attached hydrogens (tertiary/aromatic N) is 3. The van der Waals surface area contributed by atoms with Gasteiger partial charge in [0, 0.05) is 33.1 Å². The SMILES string of the molecule is Cc1ccncc1-c1cc2cc(NC(=O)[C@@H]3C[C@H]3C#N)ncc2c(Cl)c1I. The third kappa shape index (κ3) is 3.37. The van der Waals surface area contributed by atoms with Crippen LogP contribution in [0.4, 0.5) is 5.82 Å². The maximum atomic E-state index is 12.2. The zero-order valence-corrected chi connectivity index (χ0v) is 17.2. The third-order valence-electron chi connectivity index (χ3n) is 4.77. The lowest BCUT2D eigenvalue weighted by Gasteiger charge is -2.13. The highest BCUT2D eigenvalue weighted by molar-refractivity contribution is 14.1. The summed E-state index contributed by atoms with van der Waals surface area (Å²) in [5, 5.41) is 14.0. The number of nitrogens with one attached hydrogen (secondary N) is 1. The number of halogens is 2. The van der Waals surface area contributed by atoms with E-state index in [2.05, 4.69) is 43.9 Å². The monoisotopic (exact) mass is 488 g/mol. The second-order valence-corrected chi connectivity index (χ2v) is 8.06. The first kappa shape index (κ1) is 18.1. The van der Waals surface area contributed by atoms with Gasteiger partial charge in [-0.25, -0.2) is 4.98 Å². The van der Waals surface area contributed by atoms with E-state index in [4.69, 9.17) is 16.9 Å². The lowest BCUT2D eigenvalue weighted by atomic mass is 10.00. The molecule has 0 spiro atoms. The average Bonchev–Trinajstić information content (AvgIpc) is 3.45. The van der Waals surface area contributed by atoms with Gasteiger partial charge in [0.05, 0.1) is 22.9 Å². The molecule has 0 saturated heterocycles. The summed E-state index contributed by atoms with van der Waals surface area (Å²) < 4.78 is 0.936. The van der Waals surface area contributed by atoms with E-state index in [0.29, 0.717) is 17.3 Å². The number of hydrogen-bond acceptors (Lipinski definition) is 4. The highest BCUT2D eigenvalue weighted by Crippen LogP contribution is 2.40. The number of amides is 1. The molecule has 3 aromatic rings. The van der Waals surface area contributed by atoms with E-state index in [1.54, 1.807) is 12.4 Å². The minimum atomic E-state index is -0.235. The van der Waals surface area contributed by atoms with Gasteiger partial charge in [-0.3, -0.25) is 9.78 Å². The van der Waals surface area contributed by atoms with Gasteiger partial charge in [0.2, 0.25) is 5.91 Å². The van der Waals surface area contributed by atoms with E-state index in [1.165, 1.54) is 0 Å². The summed E-state index contributed by atoms with van der Waals surface area (Å²) in [6, 6.07) is 7.94. The summed E-state index contributed by atoms with van der Waals surface area (Å²) in [5.74, 6) is -0.112. The Morgan fingerprint density at radius 2 is 2.19 bits per heavy atom. The fourth-order valence-electron chi connectivity index (χ4n) is 3.09. The lowest BCUT2D eigenvalue weighted by Crippen LogP contribution is -2.15. The molecule has 1 aliphatic carbocycles. The Bertz CT molecular complexity index is 1120. The Labute approximate surface area is 174 Å². The molecule has 0 radical (unpaired) electrons. The maximum Gasteiger partial charge on any atom is 0.230 e. The molecule has 2 aromatic heterocycles. The van der Waals surface area contributed by atoms with E-state index in [0.717, 1.165) is 31.0 Å². The summed E-state index contributed by atoms with van der Waals surface area (Å²) in [6.45, 7) is 2.03. The van der Waals surface area contributed by atoms with Crippen LogP contribution in [0.5, 0.6) is 0 Å². The van der Waals surface area contributed by atoms with Gasteiger partial charge in [-0.1, -0.05) is 11.6 Å². The van der Waals surface area contributed by atoms with Crippen molar-refractivity contribution in [2.45, 2.75) is 13.3 Å². The van der Waals surface area contributed by atoms with Crippen molar-refractivity contribution in [3.05, 3.63) is 50.9 Å². The number of nitriles is 1. The number of carbonyl (C=O) groups excluding carboxylic acids is 1. The van der Waals surface area contributed by atoms with Crippen molar-refractivity contribution in [2.24, 2.45) is 11.8 Å². The Morgan fingerprint density at radius 3 is 2.89 bits per heavy atom. The largest absolute Gasteiger partial charge is 0.310 e. The Kier molecular flexibility index (Phi) is 4.74. The number of anilines is 1. The molecular weight excluding hydrogens is 475 g/mol. The number of fused-ring (bicyclic) bond motifs is 1. The molecule has 0 aliphatic heterocycles. The first-order valence-corrected chi connectivity index (χ1v) is 9.84. The highest BCUT2D eigenvalue weighted by atomic mass is 127. The first-order chi connectivity index (χ1) is 13.0. The molecule has 4 rings (SSSR count). The van der Waals surface area contributed by atoms with Crippen molar-refractivity contribution in [2.75, 3.05) is 5.32 Å². The van der Waals surface area contributed by atoms with Crippen molar-refractivity contribution in [3.8, 4) is 17.2 Å². The van der Waals surface area contributed by atoms with Gasteiger partial charge < -0.3 is 5.32 Å². The lowest BCUT2D eigenvalue weighted by molar-refractivity contribution is -0.117. The molecule has 1 N–H and O–H groups in total. The Morgan fingerprint density at radius 1 is 1.37 bits per heavy atom. The number of benzene rings is 1. The van der Waals surface area contributed by atoms with E-state index in [1.807, 2.05) is 31.3 Å². The minimum absolute atomic E-state index is 0.159. The number of pyridine rings is 2. The van der Waals surface area contributed by atoms with Crippen LogP contribution in [0.1, 0.15) is 12.0 Å². The standard InChI is InChI=1S/C20H14ClIN4O/c1-10-2-3-24-8-15(10)14-4-11-6-17(25-9-16(11)18(21)19(14)22)26-20(27)13-5-12(13)7-23/h2-4,6,8-9,12-13H,5H2,1H3,(H,25,26,27)/t12-,13+/m0/s1. The molecule has 1 saturated carbocycles. The van der Waals surface area contributed by atoms with Crippen molar-refractivity contribution >= 4 is 56.7 Å². The van der Waals surface area contributed by atoms with E-state index in [9.17, 15) is 4.79 Å². The molecule has 1 amide bonds. The van der Waals surface area contributed by atoms with Crippen LogP contribution in [0.15, 0.2) is 36.8 Å². The second-order valence-electron chi connectivity index (χ2n) is 6.60. The fraction of sp³-hybridized carbons (Fsp3) is 0.200. The van der Waals surface area contributed by atoms with Crippen LogP contribution in [-0.2, 0) is 4.79 Å². The molecule has 134 valence electrons. The van der Waals surface area contributed by atoms with Crippen LogP contribution in [0.2, 0.25) is 5.02 Å². The third-order valence-corrected chi connectivity index (χ3v) is 6.61. The average molecular weight is 489 g/mol. The van der Waals surface area contributed by atoms with Gasteiger partial charge >= 0.3 is 0 Å².